The molecular formula is C21H24N4O3S. The molecule has 3 aliphatic heterocycles. The van der Waals surface area contributed by atoms with Crippen molar-refractivity contribution in [2.75, 3.05) is 24.5 Å². The van der Waals surface area contributed by atoms with Gasteiger partial charge >= 0.3 is 0 Å². The lowest BCUT2D eigenvalue weighted by Crippen LogP contribution is -2.40. The molecule has 0 aliphatic carbocycles. The summed E-state index contributed by atoms with van der Waals surface area (Å²) in [5.74, 6) is -0.885. The van der Waals surface area contributed by atoms with Gasteiger partial charge in [-0.3, -0.25) is 14.4 Å². The first-order chi connectivity index (χ1) is 14.0. The smallest absolute Gasteiger partial charge is 0.287 e. The molecule has 0 radical (unpaired) electrons. The minimum atomic E-state index is -0.363. The lowest BCUT2D eigenvalue weighted by Gasteiger charge is -2.31. The number of primary amides is 1. The average Bonchev–Trinajstić information content (AvgIpc) is 3.23. The van der Waals surface area contributed by atoms with Gasteiger partial charge in [0.1, 0.15) is 0 Å². The minimum Gasteiger partial charge on any atom is -0.369 e. The van der Waals surface area contributed by atoms with Crippen LogP contribution in [0.2, 0.25) is 0 Å². The number of rotatable bonds is 4. The van der Waals surface area contributed by atoms with Crippen molar-refractivity contribution in [2.45, 2.75) is 32.6 Å². The van der Waals surface area contributed by atoms with Crippen molar-refractivity contribution in [3.05, 3.63) is 34.7 Å². The Hall–Kier alpha value is -2.61. The van der Waals surface area contributed by atoms with Crippen LogP contribution in [0.3, 0.4) is 0 Å². The van der Waals surface area contributed by atoms with E-state index in [1.807, 2.05) is 29.2 Å². The second-order valence-corrected chi connectivity index (χ2v) is 8.47. The zero-order valence-corrected chi connectivity index (χ0v) is 17.2. The molecule has 0 unspecified atom stereocenters. The number of amidine groups is 1. The summed E-state index contributed by atoms with van der Waals surface area (Å²) in [6.07, 6.45) is 3.20. The summed E-state index contributed by atoms with van der Waals surface area (Å²) in [7, 11) is 0. The Morgan fingerprint density at radius 1 is 1.24 bits per heavy atom. The summed E-state index contributed by atoms with van der Waals surface area (Å²) in [6.45, 7) is 3.98. The molecule has 2 N–H and O–H groups in total. The monoisotopic (exact) mass is 412 g/mol. The van der Waals surface area contributed by atoms with Crippen LogP contribution in [0.5, 0.6) is 0 Å². The van der Waals surface area contributed by atoms with Crippen molar-refractivity contribution < 1.29 is 14.4 Å². The molecule has 0 atom stereocenters. The molecule has 1 aromatic rings. The summed E-state index contributed by atoms with van der Waals surface area (Å²) in [5, 5.41) is 0.609. The van der Waals surface area contributed by atoms with Gasteiger partial charge in [-0.2, -0.15) is 4.99 Å². The van der Waals surface area contributed by atoms with Crippen molar-refractivity contribution in [1.29, 1.82) is 0 Å². The number of anilines is 1. The number of nitrogens with two attached hydrogens (primary N) is 1. The summed E-state index contributed by atoms with van der Waals surface area (Å²) >= 11 is 1.27. The van der Waals surface area contributed by atoms with Crippen LogP contribution >= 0.6 is 11.8 Å². The van der Waals surface area contributed by atoms with E-state index in [1.54, 1.807) is 4.90 Å². The van der Waals surface area contributed by atoms with Crippen LogP contribution in [-0.2, 0) is 14.4 Å². The number of para-hydroxylation sites is 1. The molecule has 8 heteroatoms. The van der Waals surface area contributed by atoms with E-state index < -0.39 is 0 Å². The topological polar surface area (TPSA) is 96.1 Å². The van der Waals surface area contributed by atoms with Crippen molar-refractivity contribution in [3.8, 4) is 0 Å². The molecule has 152 valence electrons. The molecular weight excluding hydrogens is 388 g/mol. The Morgan fingerprint density at radius 2 is 1.97 bits per heavy atom. The second-order valence-electron chi connectivity index (χ2n) is 7.50. The number of nitrogens with zero attached hydrogens (tertiary/aromatic N) is 3. The standard InChI is InChI=1S/C21H24N4O3S/c1-2-3-10-25-15-7-5-4-6-14(15)16(20(25)28)17-19(27)23-21(29-17)24-11-8-13(9-12-24)18(22)26/h4-7,13H,2-3,8-12H2,1H3,(H2,22,26). The van der Waals surface area contributed by atoms with E-state index in [1.165, 1.54) is 11.8 Å². The molecule has 3 aliphatic rings. The van der Waals surface area contributed by atoms with Crippen LogP contribution in [-0.4, -0.2) is 47.4 Å². The number of carbonyl (C=O) groups excluding carboxylic acids is 3. The Balaban J connectivity index is 1.59. The highest BCUT2D eigenvalue weighted by atomic mass is 32.2. The molecule has 0 saturated carbocycles. The average molecular weight is 413 g/mol. The number of aliphatic imine (C=N–C) groups is 1. The molecule has 3 amide bonds. The first-order valence-corrected chi connectivity index (χ1v) is 10.8. The maximum absolute atomic E-state index is 13.2. The third-order valence-corrected chi connectivity index (χ3v) is 6.75. The molecule has 1 aromatic carbocycles. The number of benzene rings is 1. The number of carbonyl (C=O) groups is 3. The molecule has 1 fully saturated rings. The highest BCUT2D eigenvalue weighted by Crippen LogP contribution is 2.44. The number of hydrogen-bond acceptors (Lipinski definition) is 5. The molecule has 4 rings (SSSR count). The predicted molar refractivity (Wildman–Crippen MR) is 114 cm³/mol. The highest BCUT2D eigenvalue weighted by molar-refractivity contribution is 8.18. The summed E-state index contributed by atoms with van der Waals surface area (Å²) in [4.78, 5) is 45.7. The van der Waals surface area contributed by atoms with Crippen LogP contribution in [0.15, 0.2) is 34.2 Å². The highest BCUT2D eigenvalue weighted by Gasteiger charge is 2.39. The fourth-order valence-corrected chi connectivity index (χ4v) is 5.04. The van der Waals surface area contributed by atoms with E-state index in [0.717, 1.165) is 24.1 Å². The SMILES string of the molecule is CCCCN1C(=O)C(=C2SC(N3CCC(C(N)=O)CC3)=NC2=O)c2ccccc21. The van der Waals surface area contributed by atoms with Crippen molar-refractivity contribution in [3.63, 3.8) is 0 Å². The summed E-state index contributed by atoms with van der Waals surface area (Å²) in [6, 6.07) is 7.62. The van der Waals surface area contributed by atoms with E-state index in [2.05, 4.69) is 11.9 Å². The molecule has 0 bridgehead atoms. The van der Waals surface area contributed by atoms with E-state index in [0.29, 0.717) is 48.1 Å². The van der Waals surface area contributed by atoms with Gasteiger partial charge in [0.15, 0.2) is 5.17 Å². The van der Waals surface area contributed by atoms with Crippen molar-refractivity contribution >= 4 is 45.9 Å². The number of piperidine rings is 1. The first kappa shape index (κ1) is 19.7. The van der Waals surface area contributed by atoms with Gasteiger partial charge < -0.3 is 15.5 Å². The second kappa shape index (κ2) is 8.02. The number of hydrogen-bond donors (Lipinski definition) is 1. The van der Waals surface area contributed by atoms with Gasteiger partial charge in [0.2, 0.25) is 5.91 Å². The number of likely N-dealkylation sites (tertiary alicyclic amines) is 1. The van der Waals surface area contributed by atoms with Crippen LogP contribution in [0.1, 0.15) is 38.2 Å². The number of thioether (sulfide) groups is 1. The largest absolute Gasteiger partial charge is 0.369 e. The van der Waals surface area contributed by atoms with E-state index in [4.69, 9.17) is 5.73 Å². The quantitative estimate of drug-likeness (QED) is 0.766. The fraction of sp³-hybridized carbons (Fsp3) is 0.429. The molecule has 29 heavy (non-hydrogen) atoms. The molecule has 7 nitrogen and oxygen atoms in total. The van der Waals surface area contributed by atoms with Crippen LogP contribution in [0.4, 0.5) is 5.69 Å². The molecule has 1 saturated heterocycles. The lowest BCUT2D eigenvalue weighted by atomic mass is 9.97. The Kier molecular flexibility index (Phi) is 5.45. The van der Waals surface area contributed by atoms with Crippen LogP contribution < -0.4 is 10.6 Å². The minimum absolute atomic E-state index is 0.123. The van der Waals surface area contributed by atoms with Gasteiger partial charge in [0.05, 0.1) is 16.2 Å². The lowest BCUT2D eigenvalue weighted by molar-refractivity contribution is -0.123. The first-order valence-electron chi connectivity index (χ1n) is 10.0. The Bertz CT molecular complexity index is 932. The van der Waals surface area contributed by atoms with Crippen molar-refractivity contribution in [1.82, 2.24) is 4.90 Å². The maximum Gasteiger partial charge on any atom is 0.287 e. The summed E-state index contributed by atoms with van der Waals surface area (Å²) < 4.78 is 0. The third kappa shape index (κ3) is 3.57. The van der Waals surface area contributed by atoms with Gasteiger partial charge in [-0.1, -0.05) is 31.5 Å². The van der Waals surface area contributed by atoms with E-state index in [-0.39, 0.29) is 23.6 Å². The van der Waals surface area contributed by atoms with Gasteiger partial charge in [-0.25, -0.2) is 0 Å². The third-order valence-electron chi connectivity index (χ3n) is 5.64. The Labute approximate surface area is 174 Å². The van der Waals surface area contributed by atoms with Crippen molar-refractivity contribution in [2.24, 2.45) is 16.6 Å². The van der Waals surface area contributed by atoms with Gasteiger partial charge in [0, 0.05) is 31.1 Å². The van der Waals surface area contributed by atoms with Gasteiger partial charge in [-0.15, -0.1) is 0 Å². The van der Waals surface area contributed by atoms with Gasteiger partial charge in [0.25, 0.3) is 11.8 Å². The van der Waals surface area contributed by atoms with E-state index >= 15 is 0 Å². The number of unbranched alkanes of at least 4 members (excludes halogenated alkanes) is 1. The predicted octanol–water partition coefficient (Wildman–Crippen LogP) is 2.37. The van der Waals surface area contributed by atoms with Gasteiger partial charge in [-0.05, 0) is 37.1 Å². The number of fused-ring (bicyclic) bond motifs is 1. The fourth-order valence-electron chi connectivity index (χ4n) is 3.98. The molecule has 3 heterocycles. The molecule has 0 spiro atoms. The zero-order chi connectivity index (χ0) is 20.5. The van der Waals surface area contributed by atoms with Crippen LogP contribution in [0.25, 0.3) is 5.57 Å². The van der Waals surface area contributed by atoms with E-state index in [9.17, 15) is 14.4 Å². The maximum atomic E-state index is 13.2. The summed E-state index contributed by atoms with van der Waals surface area (Å²) in [5.41, 5.74) is 7.52. The molecule has 0 aromatic heterocycles. The normalized spacial score (nSPS) is 22.3. The number of amides is 3. The Morgan fingerprint density at radius 3 is 2.66 bits per heavy atom. The van der Waals surface area contributed by atoms with Crippen LogP contribution in [0, 0.1) is 5.92 Å². The zero-order valence-electron chi connectivity index (χ0n) is 16.4.